The van der Waals surface area contributed by atoms with Crippen molar-refractivity contribution in [3.63, 3.8) is 0 Å². The lowest BCUT2D eigenvalue weighted by molar-refractivity contribution is 0.824. The molecule has 0 unspecified atom stereocenters. The van der Waals surface area contributed by atoms with Gasteiger partial charge >= 0.3 is 0 Å². The van der Waals surface area contributed by atoms with Gasteiger partial charge < -0.3 is 4.98 Å². The molecule has 0 aliphatic carbocycles. The molecule has 0 saturated carbocycles. The van der Waals surface area contributed by atoms with Crippen molar-refractivity contribution in [2.45, 2.75) is 19.8 Å². The minimum Gasteiger partial charge on any atom is -0.364 e. The van der Waals surface area contributed by atoms with Gasteiger partial charge in [-0.25, -0.2) is 5.10 Å². The molecule has 0 amide bonds. The van der Waals surface area contributed by atoms with Gasteiger partial charge in [0.05, 0.1) is 5.69 Å². The van der Waals surface area contributed by atoms with Gasteiger partial charge in [0, 0.05) is 23.4 Å². The zero-order valence-electron chi connectivity index (χ0n) is 8.74. The van der Waals surface area contributed by atoms with Crippen molar-refractivity contribution in [3.05, 3.63) is 51.7 Å². The fraction of sp³-hybridized carbons (Fsp3) is 0.273. The number of aryl methyl sites for hydroxylation is 1. The van der Waals surface area contributed by atoms with Crippen LogP contribution in [-0.4, -0.2) is 15.2 Å². The first-order chi connectivity index (χ1) is 7.18. The van der Waals surface area contributed by atoms with Gasteiger partial charge in [-0.05, 0) is 25.1 Å². The molecule has 4 nitrogen and oxygen atoms in total. The number of rotatable bonds is 2. The van der Waals surface area contributed by atoms with Crippen molar-refractivity contribution in [2.24, 2.45) is 0 Å². The fourth-order valence-electron chi connectivity index (χ4n) is 1.63. The van der Waals surface area contributed by atoms with Crippen LogP contribution in [0.15, 0.2) is 29.2 Å². The predicted molar refractivity (Wildman–Crippen MR) is 57.9 cm³/mol. The molecular formula is C11H13N3O. The van der Waals surface area contributed by atoms with E-state index in [0.29, 0.717) is 0 Å². The third-order valence-corrected chi connectivity index (χ3v) is 2.52. The minimum atomic E-state index is -0.122. The molecule has 0 fully saturated rings. The summed E-state index contributed by atoms with van der Waals surface area (Å²) in [5.74, 6) is 0.0606. The van der Waals surface area contributed by atoms with E-state index in [9.17, 15) is 4.79 Å². The number of nitrogens with zero attached hydrogens (tertiary/aromatic N) is 1. The molecule has 2 aromatic rings. The van der Waals surface area contributed by atoms with Gasteiger partial charge in [0.25, 0.3) is 5.56 Å². The second kappa shape index (κ2) is 3.73. The molecule has 0 bridgehead atoms. The van der Waals surface area contributed by atoms with Gasteiger partial charge in [-0.15, -0.1) is 0 Å². The molecule has 0 saturated heterocycles. The summed E-state index contributed by atoms with van der Waals surface area (Å²) < 4.78 is 0. The molecule has 2 aromatic heterocycles. The third kappa shape index (κ3) is 1.83. The second-order valence-corrected chi connectivity index (χ2v) is 3.64. The lowest BCUT2D eigenvalue weighted by Crippen LogP contribution is -2.17. The van der Waals surface area contributed by atoms with Crippen LogP contribution in [-0.2, 0) is 0 Å². The van der Waals surface area contributed by atoms with E-state index in [4.69, 9.17) is 0 Å². The quantitative estimate of drug-likeness (QED) is 0.778. The molecule has 1 atom stereocenters. The number of H-pyrrole nitrogens is 2. The smallest absolute Gasteiger partial charge is 0.268 e. The summed E-state index contributed by atoms with van der Waals surface area (Å²) in [5, 5.41) is 6.35. The molecular weight excluding hydrogens is 190 g/mol. The zero-order valence-corrected chi connectivity index (χ0v) is 8.74. The molecule has 0 aliphatic heterocycles. The highest BCUT2D eigenvalue weighted by Gasteiger charge is 2.13. The average Bonchev–Trinajstić information content (AvgIpc) is 2.74. The van der Waals surface area contributed by atoms with E-state index in [2.05, 4.69) is 15.2 Å². The first-order valence-electron chi connectivity index (χ1n) is 4.88. The van der Waals surface area contributed by atoms with Crippen molar-refractivity contribution >= 4 is 0 Å². The van der Waals surface area contributed by atoms with Gasteiger partial charge in [0.15, 0.2) is 0 Å². The molecule has 2 heterocycles. The van der Waals surface area contributed by atoms with Crippen LogP contribution < -0.4 is 5.56 Å². The van der Waals surface area contributed by atoms with E-state index < -0.39 is 0 Å². The highest BCUT2D eigenvalue weighted by Crippen LogP contribution is 2.19. The summed E-state index contributed by atoms with van der Waals surface area (Å²) in [5.41, 5.74) is 2.47. The van der Waals surface area contributed by atoms with Gasteiger partial charge in [0.1, 0.15) is 0 Å². The largest absolute Gasteiger partial charge is 0.364 e. The summed E-state index contributed by atoms with van der Waals surface area (Å²) in [4.78, 5) is 14.7. The number of aromatic amines is 2. The van der Waals surface area contributed by atoms with Crippen molar-refractivity contribution in [1.29, 1.82) is 0 Å². The monoisotopic (exact) mass is 203 g/mol. The number of aromatic nitrogens is 3. The topological polar surface area (TPSA) is 61.5 Å². The first-order valence-corrected chi connectivity index (χ1v) is 4.88. The van der Waals surface area contributed by atoms with Crippen LogP contribution in [0.3, 0.4) is 0 Å². The Morgan fingerprint density at radius 2 is 2.27 bits per heavy atom. The Morgan fingerprint density at radius 3 is 2.93 bits per heavy atom. The predicted octanol–water partition coefficient (Wildman–Crippen LogP) is 1.56. The Balaban J connectivity index is 2.46. The highest BCUT2D eigenvalue weighted by molar-refractivity contribution is 5.26. The Bertz CT molecular complexity index is 499. The van der Waals surface area contributed by atoms with E-state index in [1.54, 1.807) is 0 Å². The van der Waals surface area contributed by atoms with Crippen LogP contribution in [0, 0.1) is 6.92 Å². The molecule has 78 valence electrons. The molecule has 15 heavy (non-hydrogen) atoms. The maximum atomic E-state index is 11.6. The van der Waals surface area contributed by atoms with E-state index in [-0.39, 0.29) is 11.5 Å². The Labute approximate surface area is 87.4 Å². The summed E-state index contributed by atoms with van der Waals surface area (Å²) >= 11 is 0. The summed E-state index contributed by atoms with van der Waals surface area (Å²) in [6.07, 6.45) is 1.86. The van der Waals surface area contributed by atoms with Gasteiger partial charge in [-0.2, -0.15) is 5.10 Å². The second-order valence-electron chi connectivity index (χ2n) is 3.64. The first kappa shape index (κ1) is 9.71. The van der Waals surface area contributed by atoms with Crippen LogP contribution in [0.5, 0.6) is 0 Å². The molecule has 0 aliphatic rings. The molecule has 0 aromatic carbocycles. The Hall–Kier alpha value is -1.84. The van der Waals surface area contributed by atoms with Crippen LogP contribution in [0.2, 0.25) is 0 Å². The number of hydrogen-bond donors (Lipinski definition) is 2. The van der Waals surface area contributed by atoms with Gasteiger partial charge in [0.2, 0.25) is 0 Å². The molecule has 2 rings (SSSR count). The van der Waals surface area contributed by atoms with Crippen molar-refractivity contribution in [2.75, 3.05) is 0 Å². The Morgan fingerprint density at radius 1 is 1.47 bits per heavy atom. The van der Waals surface area contributed by atoms with E-state index in [1.165, 1.54) is 0 Å². The molecule has 0 spiro atoms. The normalized spacial score (nSPS) is 12.7. The lowest BCUT2D eigenvalue weighted by atomic mass is 9.99. The lowest BCUT2D eigenvalue weighted by Gasteiger charge is -2.08. The van der Waals surface area contributed by atoms with Gasteiger partial charge in [-0.3, -0.25) is 4.79 Å². The van der Waals surface area contributed by atoms with Crippen molar-refractivity contribution in [1.82, 2.24) is 15.2 Å². The van der Waals surface area contributed by atoms with E-state index in [1.807, 2.05) is 38.2 Å². The van der Waals surface area contributed by atoms with E-state index >= 15 is 0 Å². The average molecular weight is 203 g/mol. The summed E-state index contributed by atoms with van der Waals surface area (Å²) in [6.45, 7) is 3.86. The summed E-state index contributed by atoms with van der Waals surface area (Å²) in [7, 11) is 0. The van der Waals surface area contributed by atoms with Crippen LogP contribution >= 0.6 is 0 Å². The fourth-order valence-corrected chi connectivity index (χ4v) is 1.63. The third-order valence-electron chi connectivity index (χ3n) is 2.52. The standard InChI is InChI=1S/C11H13N3O/c1-7-6-9(11(15)14-13-7)8(2)10-4-3-5-12-10/h3-6,8,12H,1-2H3,(H,14,15)/t8-/m0/s1. The summed E-state index contributed by atoms with van der Waals surface area (Å²) in [6, 6.07) is 5.72. The SMILES string of the molecule is Cc1cc([C@H](C)c2ccc[nH]2)c(=O)[nH]n1. The van der Waals surface area contributed by atoms with Crippen LogP contribution in [0.25, 0.3) is 0 Å². The maximum Gasteiger partial charge on any atom is 0.268 e. The minimum absolute atomic E-state index is 0.0606. The van der Waals surface area contributed by atoms with Gasteiger partial charge in [-0.1, -0.05) is 6.92 Å². The zero-order chi connectivity index (χ0) is 10.8. The molecule has 0 radical (unpaired) electrons. The van der Waals surface area contributed by atoms with E-state index in [0.717, 1.165) is 17.0 Å². The maximum absolute atomic E-state index is 11.6. The van der Waals surface area contributed by atoms with Crippen LogP contribution in [0.1, 0.15) is 29.8 Å². The van der Waals surface area contributed by atoms with Crippen LogP contribution in [0.4, 0.5) is 0 Å². The molecule has 2 N–H and O–H groups in total. The Kier molecular flexibility index (Phi) is 2.41. The highest BCUT2D eigenvalue weighted by atomic mass is 16.1. The van der Waals surface area contributed by atoms with Crippen molar-refractivity contribution in [3.8, 4) is 0 Å². The number of hydrogen-bond acceptors (Lipinski definition) is 2. The number of nitrogens with one attached hydrogen (secondary N) is 2. The molecule has 4 heteroatoms. The van der Waals surface area contributed by atoms with Crippen molar-refractivity contribution < 1.29 is 0 Å².